The Hall–Kier alpha value is -4.73. The van der Waals surface area contributed by atoms with Gasteiger partial charge >= 0.3 is 11.5 Å². The Morgan fingerprint density at radius 2 is 1.33 bits per heavy atom. The summed E-state index contributed by atoms with van der Waals surface area (Å²) in [5.41, 5.74) is 3.65. The van der Waals surface area contributed by atoms with Crippen LogP contribution in [0.15, 0.2) is 73.4 Å². The topological polar surface area (TPSA) is 125 Å². The van der Waals surface area contributed by atoms with Crippen molar-refractivity contribution >= 4 is 22.2 Å². The molecule has 39 heavy (non-hydrogen) atoms. The first kappa shape index (κ1) is 24.6. The van der Waals surface area contributed by atoms with Gasteiger partial charge in [-0.2, -0.15) is 0 Å². The number of rotatable bonds is 3. The van der Waals surface area contributed by atoms with E-state index < -0.39 is 11.5 Å². The van der Waals surface area contributed by atoms with Gasteiger partial charge in [-0.25, -0.2) is 33.7 Å². The summed E-state index contributed by atoms with van der Waals surface area (Å²) in [5.74, 6) is 0.193. The van der Waals surface area contributed by atoms with Crippen LogP contribution in [0.2, 0.25) is 0 Å². The number of pyridine rings is 2. The van der Waals surface area contributed by atoms with Crippen molar-refractivity contribution in [3.8, 4) is 23.2 Å². The fourth-order valence-corrected chi connectivity index (χ4v) is 4.56. The molecule has 1 aromatic carbocycles. The van der Waals surface area contributed by atoms with Crippen LogP contribution >= 0.6 is 0 Å². The number of benzene rings is 1. The van der Waals surface area contributed by atoms with E-state index in [-0.39, 0.29) is 22.0 Å². The van der Waals surface area contributed by atoms with Crippen molar-refractivity contribution in [3.63, 3.8) is 0 Å². The maximum Gasteiger partial charge on any atom is 0.425 e. The van der Waals surface area contributed by atoms with Crippen LogP contribution in [0.4, 0.5) is 0 Å². The Bertz CT molecular complexity index is 1980. The minimum absolute atomic E-state index is 0.144. The molecule has 0 spiro atoms. The smallest absolute Gasteiger partial charge is 0.407 e. The van der Waals surface area contributed by atoms with Gasteiger partial charge in [0.25, 0.3) is 0 Å². The largest absolute Gasteiger partial charge is 0.425 e. The van der Waals surface area contributed by atoms with E-state index in [1.807, 2.05) is 24.3 Å². The summed E-state index contributed by atoms with van der Waals surface area (Å²) in [5, 5.41) is 0. The molecule has 6 rings (SSSR count). The SMILES string of the molecule is CC(C)(C)c1ccnc(-n2c(=O)oc3cc4oc(=O)n(-c5cc(C(C)(C)C)cc(-c6ncc[nH]6)n5)c4cc32)c1. The van der Waals surface area contributed by atoms with E-state index in [9.17, 15) is 9.59 Å². The Kier molecular flexibility index (Phi) is 5.29. The number of fused-ring (bicyclic) bond motifs is 2. The Labute approximate surface area is 223 Å². The zero-order valence-corrected chi connectivity index (χ0v) is 22.6. The summed E-state index contributed by atoms with van der Waals surface area (Å²) in [6.07, 6.45) is 5.04. The quantitative estimate of drug-likeness (QED) is 0.335. The van der Waals surface area contributed by atoms with Crippen molar-refractivity contribution in [1.29, 1.82) is 0 Å². The monoisotopic (exact) mass is 524 g/mol. The Morgan fingerprint density at radius 3 is 1.92 bits per heavy atom. The molecule has 0 aliphatic heterocycles. The zero-order chi connectivity index (χ0) is 27.7. The van der Waals surface area contributed by atoms with Crippen molar-refractivity contribution < 1.29 is 8.83 Å². The zero-order valence-electron chi connectivity index (χ0n) is 22.6. The number of oxazole rings is 2. The average Bonchev–Trinajstić information content (AvgIpc) is 3.58. The Balaban J connectivity index is 1.62. The lowest BCUT2D eigenvalue weighted by molar-refractivity contribution is 0.529. The normalized spacial score (nSPS) is 12.6. The maximum absolute atomic E-state index is 13.2. The summed E-state index contributed by atoms with van der Waals surface area (Å²) in [7, 11) is 0. The van der Waals surface area contributed by atoms with E-state index in [2.05, 4.69) is 56.5 Å². The summed E-state index contributed by atoms with van der Waals surface area (Å²) < 4.78 is 13.9. The number of nitrogens with one attached hydrogen (secondary N) is 1. The third-order valence-electron chi connectivity index (χ3n) is 6.77. The van der Waals surface area contributed by atoms with Crippen LogP contribution in [0.1, 0.15) is 52.7 Å². The first-order valence-electron chi connectivity index (χ1n) is 12.6. The maximum atomic E-state index is 13.2. The van der Waals surface area contributed by atoms with Crippen LogP contribution in [-0.2, 0) is 10.8 Å². The van der Waals surface area contributed by atoms with Gasteiger partial charge in [0.15, 0.2) is 17.0 Å². The lowest BCUT2D eigenvalue weighted by Crippen LogP contribution is -2.18. The molecule has 10 heteroatoms. The lowest BCUT2D eigenvalue weighted by atomic mass is 9.87. The molecule has 5 aromatic heterocycles. The number of aromatic nitrogens is 6. The number of hydrogen-bond donors (Lipinski definition) is 1. The number of nitrogens with zero attached hydrogens (tertiary/aromatic N) is 5. The third-order valence-corrected chi connectivity index (χ3v) is 6.77. The fourth-order valence-electron chi connectivity index (χ4n) is 4.56. The van der Waals surface area contributed by atoms with Gasteiger partial charge in [-0.1, -0.05) is 41.5 Å². The van der Waals surface area contributed by atoms with E-state index >= 15 is 0 Å². The van der Waals surface area contributed by atoms with E-state index in [0.717, 1.165) is 11.1 Å². The van der Waals surface area contributed by atoms with Gasteiger partial charge in [0.05, 0.1) is 11.0 Å². The average molecular weight is 525 g/mol. The van der Waals surface area contributed by atoms with Crippen LogP contribution in [0.5, 0.6) is 0 Å². The van der Waals surface area contributed by atoms with E-state index in [4.69, 9.17) is 13.8 Å². The van der Waals surface area contributed by atoms with Gasteiger partial charge in [0, 0.05) is 24.7 Å². The summed E-state index contributed by atoms with van der Waals surface area (Å²) in [4.78, 5) is 42.8. The van der Waals surface area contributed by atoms with Crippen LogP contribution < -0.4 is 11.5 Å². The van der Waals surface area contributed by atoms with E-state index in [0.29, 0.717) is 34.2 Å². The number of H-pyrrole nitrogens is 1. The molecule has 10 nitrogen and oxygen atoms in total. The highest BCUT2D eigenvalue weighted by Crippen LogP contribution is 2.30. The molecule has 0 aliphatic rings. The van der Waals surface area contributed by atoms with Crippen molar-refractivity contribution in [1.82, 2.24) is 29.1 Å². The fraction of sp³-hybridized carbons (Fsp3) is 0.276. The van der Waals surface area contributed by atoms with Gasteiger partial charge in [-0.05, 0) is 52.3 Å². The van der Waals surface area contributed by atoms with Crippen molar-refractivity contribution in [2.45, 2.75) is 52.4 Å². The molecule has 0 aliphatic carbocycles. The van der Waals surface area contributed by atoms with E-state index in [1.54, 1.807) is 30.7 Å². The van der Waals surface area contributed by atoms with Gasteiger partial charge in [0.2, 0.25) is 0 Å². The number of hydrogen-bond acceptors (Lipinski definition) is 7. The molecule has 6 aromatic rings. The second-order valence-electron chi connectivity index (χ2n) is 11.6. The molecule has 0 saturated carbocycles. The van der Waals surface area contributed by atoms with E-state index in [1.165, 1.54) is 9.13 Å². The molecule has 0 atom stereocenters. The Morgan fingerprint density at radius 1 is 0.718 bits per heavy atom. The minimum Gasteiger partial charge on any atom is -0.407 e. The first-order valence-corrected chi connectivity index (χ1v) is 12.6. The van der Waals surface area contributed by atoms with Crippen LogP contribution in [0.3, 0.4) is 0 Å². The predicted octanol–water partition coefficient (Wildman–Crippen LogP) is 5.26. The van der Waals surface area contributed by atoms with Gasteiger partial charge in [-0.3, -0.25) is 0 Å². The molecule has 0 unspecified atom stereocenters. The highest BCUT2D eigenvalue weighted by atomic mass is 16.4. The van der Waals surface area contributed by atoms with Crippen molar-refractivity contribution in [2.24, 2.45) is 0 Å². The molecule has 5 heterocycles. The standard InChI is InChI=1S/C29H28N6O4/c1-28(2,3)16-7-8-30-23(12-16)34-19-14-20-22(15-21(19)38-26(34)36)39-27(37)35(20)24-13-17(29(4,5)6)11-18(33-24)25-31-9-10-32-25/h7-15H,1-6H3,(H,31,32). The second kappa shape index (κ2) is 8.39. The van der Waals surface area contributed by atoms with Gasteiger partial charge in [0.1, 0.15) is 17.3 Å². The molecule has 0 saturated heterocycles. The first-order chi connectivity index (χ1) is 18.4. The molecule has 0 fully saturated rings. The van der Waals surface area contributed by atoms with Crippen LogP contribution in [-0.4, -0.2) is 29.1 Å². The summed E-state index contributed by atoms with van der Waals surface area (Å²) >= 11 is 0. The van der Waals surface area contributed by atoms with Crippen molar-refractivity contribution in [2.75, 3.05) is 0 Å². The lowest BCUT2D eigenvalue weighted by Gasteiger charge is -2.20. The summed E-state index contributed by atoms with van der Waals surface area (Å²) in [6.45, 7) is 12.5. The molecule has 1 N–H and O–H groups in total. The molecule has 0 radical (unpaired) electrons. The van der Waals surface area contributed by atoms with Crippen LogP contribution in [0.25, 0.3) is 45.4 Å². The number of aromatic amines is 1. The summed E-state index contributed by atoms with van der Waals surface area (Å²) in [6, 6.07) is 10.9. The van der Waals surface area contributed by atoms with Crippen molar-refractivity contribution in [3.05, 3.63) is 87.2 Å². The molecule has 198 valence electrons. The molecular formula is C29H28N6O4. The molecular weight excluding hydrogens is 496 g/mol. The van der Waals surface area contributed by atoms with Crippen LogP contribution in [0, 0.1) is 0 Å². The molecule has 0 bridgehead atoms. The number of imidazole rings is 1. The second-order valence-corrected chi connectivity index (χ2v) is 11.6. The third kappa shape index (κ3) is 4.18. The minimum atomic E-state index is -0.608. The van der Waals surface area contributed by atoms with Gasteiger partial charge in [-0.15, -0.1) is 0 Å². The highest BCUT2D eigenvalue weighted by Gasteiger charge is 2.23. The van der Waals surface area contributed by atoms with Gasteiger partial charge < -0.3 is 13.8 Å². The molecule has 0 amide bonds. The highest BCUT2D eigenvalue weighted by molar-refractivity contribution is 5.91. The predicted molar refractivity (Wildman–Crippen MR) is 148 cm³/mol.